The molecule has 0 heterocycles. The zero-order valence-electron chi connectivity index (χ0n) is 8.60. The molecule has 0 aromatic heterocycles. The van der Waals surface area contributed by atoms with Crippen molar-refractivity contribution in [2.75, 3.05) is 0 Å². The van der Waals surface area contributed by atoms with Gasteiger partial charge in [0.2, 0.25) is 0 Å². The van der Waals surface area contributed by atoms with Gasteiger partial charge in [-0.3, -0.25) is 0 Å². The molecule has 2 N–H and O–H groups in total. The topological polar surface area (TPSA) is 26.0 Å². The molecule has 0 saturated heterocycles. The van der Waals surface area contributed by atoms with E-state index in [2.05, 4.69) is 20.4 Å². The summed E-state index contributed by atoms with van der Waals surface area (Å²) in [6.07, 6.45) is 7.02. The van der Waals surface area contributed by atoms with Crippen molar-refractivity contribution in [2.24, 2.45) is 5.73 Å². The molecule has 0 bridgehead atoms. The van der Waals surface area contributed by atoms with E-state index in [9.17, 15) is 0 Å². The van der Waals surface area contributed by atoms with E-state index in [-0.39, 0.29) is 0 Å². The third-order valence-corrected chi connectivity index (χ3v) is 2.26. The van der Waals surface area contributed by atoms with E-state index >= 15 is 0 Å². The van der Waals surface area contributed by atoms with Crippen LogP contribution in [0.5, 0.6) is 0 Å². The van der Waals surface area contributed by atoms with Crippen LogP contribution < -0.4 is 5.73 Å². The van der Waals surface area contributed by atoms with Crippen LogP contribution in [0.2, 0.25) is 0 Å². The van der Waals surface area contributed by atoms with Crippen LogP contribution >= 0.6 is 0 Å². The molecule has 1 unspecified atom stereocenters. The van der Waals surface area contributed by atoms with Gasteiger partial charge in [-0.25, -0.2) is 0 Å². The van der Waals surface area contributed by atoms with Crippen molar-refractivity contribution >= 4 is 0 Å². The molecule has 12 heavy (non-hydrogen) atoms. The van der Waals surface area contributed by atoms with Crippen molar-refractivity contribution in [1.82, 2.24) is 0 Å². The second-order valence-corrected chi connectivity index (χ2v) is 3.54. The molecule has 0 aliphatic carbocycles. The normalized spacial score (nSPS) is 12.9. The van der Waals surface area contributed by atoms with Crippen LogP contribution in [-0.2, 0) is 0 Å². The highest BCUT2D eigenvalue weighted by Crippen LogP contribution is 2.11. The van der Waals surface area contributed by atoms with E-state index in [1.54, 1.807) is 0 Å². The second-order valence-electron chi connectivity index (χ2n) is 3.54. The number of rotatable bonds is 7. The lowest BCUT2D eigenvalue weighted by atomic mass is 10.0. The van der Waals surface area contributed by atoms with Crippen molar-refractivity contribution in [3.8, 4) is 0 Å². The lowest BCUT2D eigenvalue weighted by molar-refractivity contribution is 0.537. The molecule has 0 aromatic carbocycles. The zero-order valence-corrected chi connectivity index (χ0v) is 8.60. The molecule has 0 aromatic rings. The van der Waals surface area contributed by atoms with Gasteiger partial charge in [0.1, 0.15) is 0 Å². The van der Waals surface area contributed by atoms with Crippen molar-refractivity contribution in [3.05, 3.63) is 12.2 Å². The van der Waals surface area contributed by atoms with Crippen molar-refractivity contribution in [3.63, 3.8) is 0 Å². The molecule has 0 radical (unpaired) electrons. The minimum atomic E-state index is 0.416. The van der Waals surface area contributed by atoms with Crippen LogP contribution in [-0.4, -0.2) is 6.04 Å². The fourth-order valence-corrected chi connectivity index (χ4v) is 1.31. The van der Waals surface area contributed by atoms with Crippen LogP contribution in [0.25, 0.3) is 0 Å². The van der Waals surface area contributed by atoms with Gasteiger partial charge < -0.3 is 5.73 Å². The number of allylic oxidation sites excluding steroid dienone is 1. The summed E-state index contributed by atoms with van der Waals surface area (Å²) in [6, 6.07) is 0.416. The monoisotopic (exact) mass is 169 g/mol. The van der Waals surface area contributed by atoms with E-state index < -0.39 is 0 Å². The van der Waals surface area contributed by atoms with Gasteiger partial charge in [-0.15, -0.1) is 0 Å². The summed E-state index contributed by atoms with van der Waals surface area (Å²) in [5.41, 5.74) is 7.24. The number of hydrogen-bond acceptors (Lipinski definition) is 1. The molecular formula is C11H23N. The van der Waals surface area contributed by atoms with Gasteiger partial charge in [0.05, 0.1) is 0 Å². The Morgan fingerprint density at radius 2 is 2.00 bits per heavy atom. The SMILES string of the molecule is C=C(CC)CCCC(N)CCC. The summed E-state index contributed by atoms with van der Waals surface area (Å²) >= 11 is 0. The van der Waals surface area contributed by atoms with Gasteiger partial charge in [-0.1, -0.05) is 32.4 Å². The van der Waals surface area contributed by atoms with E-state index in [4.69, 9.17) is 5.73 Å². The smallest absolute Gasteiger partial charge is 0.00388 e. The van der Waals surface area contributed by atoms with Crippen molar-refractivity contribution in [2.45, 2.75) is 58.4 Å². The van der Waals surface area contributed by atoms with Gasteiger partial charge in [0.25, 0.3) is 0 Å². The van der Waals surface area contributed by atoms with Gasteiger partial charge in [-0.05, 0) is 32.1 Å². The first-order chi connectivity index (χ1) is 5.70. The lowest BCUT2D eigenvalue weighted by Gasteiger charge is -2.09. The number of hydrogen-bond donors (Lipinski definition) is 1. The minimum Gasteiger partial charge on any atom is -0.328 e. The molecule has 0 spiro atoms. The first-order valence-corrected chi connectivity index (χ1v) is 5.12. The number of nitrogens with two attached hydrogens (primary N) is 1. The van der Waals surface area contributed by atoms with Crippen molar-refractivity contribution < 1.29 is 0 Å². The van der Waals surface area contributed by atoms with Crippen LogP contribution in [0.4, 0.5) is 0 Å². The lowest BCUT2D eigenvalue weighted by Crippen LogP contribution is -2.18. The van der Waals surface area contributed by atoms with Crippen LogP contribution in [0, 0.1) is 0 Å². The molecule has 0 saturated carbocycles. The van der Waals surface area contributed by atoms with E-state index in [1.165, 1.54) is 24.8 Å². The summed E-state index contributed by atoms with van der Waals surface area (Å²) in [5.74, 6) is 0. The maximum Gasteiger partial charge on any atom is 0.00388 e. The van der Waals surface area contributed by atoms with Gasteiger partial charge in [-0.2, -0.15) is 0 Å². The molecule has 0 fully saturated rings. The highest BCUT2D eigenvalue weighted by Gasteiger charge is 2.00. The Kier molecular flexibility index (Phi) is 7.17. The molecule has 1 heteroatoms. The second kappa shape index (κ2) is 7.35. The van der Waals surface area contributed by atoms with Gasteiger partial charge >= 0.3 is 0 Å². The molecule has 1 atom stereocenters. The standard InChI is InChI=1S/C11H23N/c1-4-7-11(12)9-6-8-10(3)5-2/h11H,3-9,12H2,1-2H3. The van der Waals surface area contributed by atoms with Crippen LogP contribution in [0.3, 0.4) is 0 Å². The largest absolute Gasteiger partial charge is 0.328 e. The molecule has 0 aliphatic rings. The van der Waals surface area contributed by atoms with Crippen LogP contribution in [0.1, 0.15) is 52.4 Å². The summed E-state index contributed by atoms with van der Waals surface area (Å²) in [7, 11) is 0. The molecule has 1 nitrogen and oxygen atoms in total. The van der Waals surface area contributed by atoms with E-state index in [0.29, 0.717) is 6.04 Å². The molecular weight excluding hydrogens is 146 g/mol. The highest BCUT2D eigenvalue weighted by atomic mass is 14.6. The Hall–Kier alpha value is -0.300. The fraction of sp³-hybridized carbons (Fsp3) is 0.818. The predicted molar refractivity (Wildman–Crippen MR) is 56.2 cm³/mol. The molecule has 72 valence electrons. The highest BCUT2D eigenvalue weighted by molar-refractivity contribution is 4.92. The maximum atomic E-state index is 5.88. The third-order valence-electron chi connectivity index (χ3n) is 2.26. The summed E-state index contributed by atoms with van der Waals surface area (Å²) in [5, 5.41) is 0. The predicted octanol–water partition coefficient (Wildman–Crippen LogP) is 3.25. The Bertz CT molecular complexity index is 118. The quantitative estimate of drug-likeness (QED) is 0.582. The zero-order chi connectivity index (χ0) is 9.40. The Balaban J connectivity index is 3.24. The summed E-state index contributed by atoms with van der Waals surface area (Å²) in [4.78, 5) is 0. The van der Waals surface area contributed by atoms with Crippen molar-refractivity contribution in [1.29, 1.82) is 0 Å². The average Bonchev–Trinajstić information content (AvgIpc) is 2.04. The Morgan fingerprint density at radius 1 is 1.33 bits per heavy atom. The molecule has 0 aliphatic heterocycles. The van der Waals surface area contributed by atoms with Crippen LogP contribution in [0.15, 0.2) is 12.2 Å². The molecule has 0 rings (SSSR count). The fourth-order valence-electron chi connectivity index (χ4n) is 1.31. The minimum absolute atomic E-state index is 0.416. The average molecular weight is 169 g/mol. The maximum absolute atomic E-state index is 5.88. The molecule has 0 amide bonds. The summed E-state index contributed by atoms with van der Waals surface area (Å²) < 4.78 is 0. The first kappa shape index (κ1) is 11.7. The van der Waals surface area contributed by atoms with Gasteiger partial charge in [0.15, 0.2) is 0 Å². The Labute approximate surface area is 77.0 Å². The van der Waals surface area contributed by atoms with E-state index in [0.717, 1.165) is 19.3 Å². The van der Waals surface area contributed by atoms with E-state index in [1.807, 2.05) is 0 Å². The first-order valence-electron chi connectivity index (χ1n) is 5.12. The Morgan fingerprint density at radius 3 is 2.50 bits per heavy atom. The summed E-state index contributed by atoms with van der Waals surface area (Å²) in [6.45, 7) is 8.32. The van der Waals surface area contributed by atoms with Gasteiger partial charge in [0, 0.05) is 6.04 Å². The third kappa shape index (κ3) is 6.41.